The quantitative estimate of drug-likeness (QED) is 0.480. The average molecular weight is 470 g/mol. The Morgan fingerprint density at radius 1 is 1.28 bits per heavy atom. The molecule has 5 nitrogen and oxygen atoms in total. The predicted molar refractivity (Wildman–Crippen MR) is 105 cm³/mol. The van der Waals surface area contributed by atoms with Gasteiger partial charge in [-0.1, -0.05) is 35.8 Å². The van der Waals surface area contributed by atoms with Crippen LogP contribution in [0.5, 0.6) is 11.5 Å². The number of carbonyl (C=O) groups excluding carboxylic acids is 1. The van der Waals surface area contributed by atoms with E-state index in [4.69, 9.17) is 4.74 Å². The Morgan fingerprint density at radius 2 is 2.04 bits per heavy atom. The molecule has 1 amide bonds. The second kappa shape index (κ2) is 9.01. The van der Waals surface area contributed by atoms with E-state index in [9.17, 15) is 9.90 Å². The Kier molecular flexibility index (Phi) is 7.01. The molecule has 132 valence electrons. The van der Waals surface area contributed by atoms with Gasteiger partial charge in [-0.3, -0.25) is 4.79 Å². The largest absolute Gasteiger partial charge is 0.507 e. The Balaban J connectivity index is 1.88. The predicted octanol–water partition coefficient (Wildman–Crippen LogP) is 4.57. The van der Waals surface area contributed by atoms with Gasteiger partial charge in [-0.2, -0.15) is 5.10 Å². The van der Waals surface area contributed by atoms with Gasteiger partial charge in [-0.15, -0.1) is 0 Å². The molecule has 0 spiro atoms. The number of hydrazone groups is 1. The highest BCUT2D eigenvalue weighted by atomic mass is 79.9. The number of rotatable bonds is 6. The van der Waals surface area contributed by atoms with Crippen molar-refractivity contribution in [3.8, 4) is 11.5 Å². The van der Waals surface area contributed by atoms with Crippen LogP contribution in [0.25, 0.3) is 0 Å². The van der Waals surface area contributed by atoms with E-state index < -0.39 is 5.91 Å². The minimum absolute atomic E-state index is 0.0756. The number of nitrogens with zero attached hydrogens (tertiary/aromatic N) is 1. The highest BCUT2D eigenvalue weighted by Gasteiger charge is 2.08. The number of amides is 1. The lowest BCUT2D eigenvalue weighted by Crippen LogP contribution is -2.24. The Hall–Kier alpha value is -1.86. The molecule has 2 rings (SSSR count). The maximum Gasteiger partial charge on any atom is 0.277 e. The first-order valence-electron chi connectivity index (χ1n) is 7.59. The van der Waals surface area contributed by atoms with Gasteiger partial charge in [0.05, 0.1) is 10.7 Å². The van der Waals surface area contributed by atoms with Crippen molar-refractivity contribution in [2.45, 2.75) is 19.8 Å². The van der Waals surface area contributed by atoms with Crippen LogP contribution in [-0.2, 0) is 4.79 Å². The van der Waals surface area contributed by atoms with Crippen LogP contribution in [-0.4, -0.2) is 23.8 Å². The van der Waals surface area contributed by atoms with E-state index in [0.29, 0.717) is 17.2 Å². The Labute approximate surface area is 163 Å². The molecule has 0 saturated carbocycles. The van der Waals surface area contributed by atoms with Crippen molar-refractivity contribution in [2.24, 2.45) is 5.10 Å². The van der Waals surface area contributed by atoms with Crippen molar-refractivity contribution in [1.82, 2.24) is 5.43 Å². The van der Waals surface area contributed by atoms with Crippen LogP contribution in [0, 0.1) is 0 Å². The summed E-state index contributed by atoms with van der Waals surface area (Å²) >= 11 is 6.75. The molecule has 0 unspecified atom stereocenters. The van der Waals surface area contributed by atoms with Gasteiger partial charge < -0.3 is 9.84 Å². The number of hydrogen-bond donors (Lipinski definition) is 2. The minimum atomic E-state index is -0.398. The highest BCUT2D eigenvalue weighted by molar-refractivity contribution is 9.10. The molecule has 0 saturated heterocycles. The number of phenolic OH excluding ortho intramolecular Hbond substituents is 1. The molecule has 0 aromatic heterocycles. The lowest BCUT2D eigenvalue weighted by molar-refractivity contribution is -0.123. The van der Waals surface area contributed by atoms with Gasteiger partial charge in [-0.05, 0) is 57.7 Å². The molecule has 7 heteroatoms. The van der Waals surface area contributed by atoms with Crippen molar-refractivity contribution in [3.63, 3.8) is 0 Å². The lowest BCUT2D eigenvalue weighted by atomic mass is 10.0. The van der Waals surface area contributed by atoms with Gasteiger partial charge in [0.25, 0.3) is 5.91 Å². The molecule has 0 bridgehead atoms. The zero-order valence-corrected chi connectivity index (χ0v) is 17.0. The number of halogens is 2. The normalized spacial score (nSPS) is 11.1. The number of hydrogen-bond acceptors (Lipinski definition) is 4. The van der Waals surface area contributed by atoms with Gasteiger partial charge in [0.2, 0.25) is 0 Å². The smallest absolute Gasteiger partial charge is 0.277 e. The van der Waals surface area contributed by atoms with Crippen molar-refractivity contribution in [1.29, 1.82) is 0 Å². The number of nitrogens with one attached hydrogen (secondary N) is 1. The molecule has 2 N–H and O–H groups in total. The monoisotopic (exact) mass is 468 g/mol. The van der Waals surface area contributed by atoms with Gasteiger partial charge in [0.15, 0.2) is 6.61 Å². The second-order valence-electron chi connectivity index (χ2n) is 5.63. The van der Waals surface area contributed by atoms with E-state index in [1.165, 1.54) is 17.8 Å². The van der Waals surface area contributed by atoms with E-state index in [0.717, 1.165) is 8.95 Å². The maximum absolute atomic E-state index is 11.8. The van der Waals surface area contributed by atoms with Gasteiger partial charge in [0, 0.05) is 10.0 Å². The number of benzene rings is 2. The third-order valence-corrected chi connectivity index (χ3v) is 4.48. The lowest BCUT2D eigenvalue weighted by Gasteiger charge is -2.10. The van der Waals surface area contributed by atoms with Crippen LogP contribution in [0.15, 0.2) is 50.4 Å². The highest BCUT2D eigenvalue weighted by Crippen LogP contribution is 2.28. The summed E-state index contributed by atoms with van der Waals surface area (Å²) in [6, 6.07) is 10.7. The third-order valence-electron chi connectivity index (χ3n) is 3.36. The van der Waals surface area contributed by atoms with Crippen LogP contribution >= 0.6 is 31.9 Å². The molecule has 0 radical (unpaired) electrons. The fourth-order valence-electron chi connectivity index (χ4n) is 1.97. The molecule has 0 atom stereocenters. The maximum atomic E-state index is 11.8. The van der Waals surface area contributed by atoms with Gasteiger partial charge in [0.1, 0.15) is 11.5 Å². The van der Waals surface area contributed by atoms with Crippen molar-refractivity contribution in [2.75, 3.05) is 6.61 Å². The summed E-state index contributed by atoms with van der Waals surface area (Å²) in [7, 11) is 0. The summed E-state index contributed by atoms with van der Waals surface area (Å²) < 4.78 is 7.09. The number of ether oxygens (including phenoxy) is 1. The molecule has 2 aromatic carbocycles. The Bertz CT molecular complexity index is 792. The van der Waals surface area contributed by atoms with E-state index in [-0.39, 0.29) is 12.4 Å². The molecular formula is C18H18Br2N2O3. The summed E-state index contributed by atoms with van der Waals surface area (Å²) in [4.78, 5) is 11.8. The molecular weight excluding hydrogens is 452 g/mol. The zero-order chi connectivity index (χ0) is 18.4. The summed E-state index contributed by atoms with van der Waals surface area (Å²) in [5.74, 6) is 0.683. The van der Waals surface area contributed by atoms with Crippen molar-refractivity contribution < 1.29 is 14.6 Å². The molecule has 0 aliphatic rings. The number of phenols is 1. The first kappa shape index (κ1) is 19.5. The molecule has 0 fully saturated rings. The first-order chi connectivity index (χ1) is 11.9. The minimum Gasteiger partial charge on any atom is -0.507 e. The summed E-state index contributed by atoms with van der Waals surface area (Å²) in [5, 5.41) is 13.5. The van der Waals surface area contributed by atoms with E-state index >= 15 is 0 Å². The summed E-state index contributed by atoms with van der Waals surface area (Å²) in [6.07, 6.45) is 1.37. The van der Waals surface area contributed by atoms with E-state index in [2.05, 4.69) is 56.2 Å². The van der Waals surface area contributed by atoms with Gasteiger partial charge >= 0.3 is 0 Å². The summed E-state index contributed by atoms with van der Waals surface area (Å²) in [5.41, 5.74) is 4.03. The van der Waals surface area contributed by atoms with Crippen molar-refractivity contribution in [3.05, 3.63) is 56.5 Å². The van der Waals surface area contributed by atoms with Crippen LogP contribution in [0.2, 0.25) is 0 Å². The molecule has 0 aliphatic carbocycles. The standard InChI is InChI=1S/C18H18Br2N2O3/c1-11(2)12-3-6-17(15(20)8-12)25-10-18(24)22-21-9-13-7-14(19)4-5-16(13)23/h3-9,11,23H,10H2,1-2H3,(H,22,24). The topological polar surface area (TPSA) is 70.9 Å². The zero-order valence-electron chi connectivity index (χ0n) is 13.8. The SMILES string of the molecule is CC(C)c1ccc(OCC(=O)NN=Cc2cc(Br)ccc2O)c(Br)c1. The van der Waals surface area contributed by atoms with Crippen LogP contribution < -0.4 is 10.2 Å². The van der Waals surface area contributed by atoms with Crippen LogP contribution in [0.1, 0.15) is 30.9 Å². The van der Waals surface area contributed by atoms with Crippen LogP contribution in [0.4, 0.5) is 0 Å². The molecule has 25 heavy (non-hydrogen) atoms. The average Bonchev–Trinajstić information content (AvgIpc) is 2.56. The number of carbonyl (C=O) groups is 1. The Morgan fingerprint density at radius 3 is 2.72 bits per heavy atom. The summed E-state index contributed by atoms with van der Waals surface area (Å²) in [6.45, 7) is 4.05. The van der Waals surface area contributed by atoms with E-state index in [1.54, 1.807) is 12.1 Å². The number of aromatic hydroxyl groups is 1. The fraction of sp³-hybridized carbons (Fsp3) is 0.222. The molecule has 0 heterocycles. The molecule has 2 aromatic rings. The van der Waals surface area contributed by atoms with Crippen molar-refractivity contribution >= 4 is 44.0 Å². The van der Waals surface area contributed by atoms with Gasteiger partial charge in [-0.25, -0.2) is 5.43 Å². The van der Waals surface area contributed by atoms with Crippen LogP contribution in [0.3, 0.4) is 0 Å². The third kappa shape index (κ3) is 5.86. The second-order valence-corrected chi connectivity index (χ2v) is 7.40. The fourth-order valence-corrected chi connectivity index (χ4v) is 2.86. The first-order valence-corrected chi connectivity index (χ1v) is 9.18. The molecule has 0 aliphatic heterocycles. The van der Waals surface area contributed by atoms with E-state index in [1.807, 2.05) is 18.2 Å².